The van der Waals surface area contributed by atoms with Crippen LogP contribution in [0.25, 0.3) is 0 Å². The summed E-state index contributed by atoms with van der Waals surface area (Å²) < 4.78 is 5.21. The summed E-state index contributed by atoms with van der Waals surface area (Å²) in [5, 5.41) is 13.8. The zero-order valence-electron chi connectivity index (χ0n) is 19.4. The molecule has 4 rings (SSSR count). The highest BCUT2D eigenvalue weighted by Crippen LogP contribution is 2.23. The molecule has 2 heterocycles. The number of methoxy groups -OCH3 is 1. The lowest BCUT2D eigenvalue weighted by Gasteiger charge is -2.31. The first-order valence-corrected chi connectivity index (χ1v) is 12.2. The summed E-state index contributed by atoms with van der Waals surface area (Å²) in [5.74, 6) is 0.337. The van der Waals surface area contributed by atoms with E-state index in [1.165, 1.54) is 0 Å². The average Bonchev–Trinajstić information content (AvgIpc) is 3.39. The Labute approximate surface area is 207 Å². The number of rotatable bonds is 8. The summed E-state index contributed by atoms with van der Waals surface area (Å²) in [4.78, 5) is 39.3. The number of hydrogen-bond donors (Lipinski definition) is 2. The molecular weight excluding hydrogens is 466 g/mol. The first kappa shape index (κ1) is 24.3. The van der Waals surface area contributed by atoms with E-state index in [0.29, 0.717) is 31.7 Å². The molecule has 3 aromatic rings. The van der Waals surface area contributed by atoms with Crippen LogP contribution in [0.4, 0.5) is 5.69 Å². The number of nitrogens with zero attached hydrogens (tertiary/aromatic N) is 3. The number of anilines is 1. The van der Waals surface area contributed by atoms with Crippen LogP contribution < -0.4 is 15.4 Å². The van der Waals surface area contributed by atoms with Gasteiger partial charge in [-0.15, -0.1) is 10.2 Å². The summed E-state index contributed by atoms with van der Waals surface area (Å²) in [6.07, 6.45) is 1.89. The third-order valence-electron chi connectivity index (χ3n) is 5.83. The van der Waals surface area contributed by atoms with Gasteiger partial charge in [0.15, 0.2) is 0 Å². The van der Waals surface area contributed by atoms with Crippen LogP contribution in [-0.4, -0.2) is 53.0 Å². The molecule has 35 heavy (non-hydrogen) atoms. The van der Waals surface area contributed by atoms with Crippen LogP contribution in [0.5, 0.6) is 5.75 Å². The number of carbonyl (C=O) groups excluding carboxylic acids is 3. The number of aromatic nitrogens is 2. The Morgan fingerprint density at radius 2 is 1.77 bits per heavy atom. The van der Waals surface area contributed by atoms with E-state index < -0.39 is 5.91 Å². The Balaban J connectivity index is 1.22. The van der Waals surface area contributed by atoms with Gasteiger partial charge in [0.2, 0.25) is 15.9 Å². The van der Waals surface area contributed by atoms with Crippen LogP contribution in [0.3, 0.4) is 0 Å². The monoisotopic (exact) mass is 493 g/mol. The van der Waals surface area contributed by atoms with Crippen LogP contribution in [0.2, 0.25) is 0 Å². The van der Waals surface area contributed by atoms with E-state index in [0.717, 1.165) is 35.5 Å². The van der Waals surface area contributed by atoms with Gasteiger partial charge in [-0.1, -0.05) is 41.7 Å². The molecule has 3 amide bonds. The lowest BCUT2D eigenvalue weighted by molar-refractivity contribution is -0.122. The van der Waals surface area contributed by atoms with Gasteiger partial charge >= 0.3 is 0 Å². The quantitative estimate of drug-likeness (QED) is 0.498. The summed E-state index contributed by atoms with van der Waals surface area (Å²) >= 11 is 0.982. The Morgan fingerprint density at radius 3 is 2.51 bits per heavy atom. The van der Waals surface area contributed by atoms with E-state index in [4.69, 9.17) is 4.74 Å². The van der Waals surface area contributed by atoms with Crippen molar-refractivity contribution >= 4 is 34.7 Å². The average molecular weight is 494 g/mol. The molecule has 2 N–H and O–H groups in total. The second kappa shape index (κ2) is 11.6. The van der Waals surface area contributed by atoms with Crippen molar-refractivity contribution in [2.24, 2.45) is 5.92 Å². The summed E-state index contributed by atoms with van der Waals surface area (Å²) in [5.41, 5.74) is 1.63. The molecule has 182 valence electrons. The van der Waals surface area contributed by atoms with Crippen molar-refractivity contribution in [1.82, 2.24) is 20.4 Å². The van der Waals surface area contributed by atoms with Crippen LogP contribution in [0, 0.1) is 5.92 Å². The number of likely N-dealkylation sites (tertiary alicyclic amines) is 1. The maximum absolute atomic E-state index is 12.8. The number of para-hydroxylation sites is 1. The third kappa shape index (κ3) is 6.63. The van der Waals surface area contributed by atoms with Crippen LogP contribution >= 0.6 is 11.3 Å². The van der Waals surface area contributed by atoms with Crippen molar-refractivity contribution in [3.8, 4) is 5.75 Å². The first-order valence-electron chi connectivity index (χ1n) is 11.4. The lowest BCUT2D eigenvalue weighted by atomic mass is 9.93. The predicted molar refractivity (Wildman–Crippen MR) is 132 cm³/mol. The molecule has 0 aliphatic carbocycles. The normalized spacial score (nSPS) is 13.8. The second-order valence-corrected chi connectivity index (χ2v) is 9.28. The van der Waals surface area contributed by atoms with Gasteiger partial charge in [-0.2, -0.15) is 0 Å². The van der Waals surface area contributed by atoms with Crippen molar-refractivity contribution in [1.29, 1.82) is 0 Å². The summed E-state index contributed by atoms with van der Waals surface area (Å²) in [6.45, 7) is 1.53. The van der Waals surface area contributed by atoms with E-state index in [-0.39, 0.29) is 27.7 Å². The minimum Gasteiger partial charge on any atom is -0.497 e. The minimum atomic E-state index is -0.397. The van der Waals surface area contributed by atoms with Crippen molar-refractivity contribution < 1.29 is 19.1 Å². The highest BCUT2D eigenvalue weighted by Gasteiger charge is 2.28. The van der Waals surface area contributed by atoms with Gasteiger partial charge in [0.1, 0.15) is 5.75 Å². The molecule has 1 aliphatic rings. The SMILES string of the molecule is COc1cccc(CNC(=O)CC2CCN(C(=O)c3nnc(C(=O)Nc4ccccc4)s3)CC2)c1. The fourth-order valence-corrected chi connectivity index (χ4v) is 4.61. The molecular formula is C25H27N5O4S. The Kier molecular flexibility index (Phi) is 8.04. The van der Waals surface area contributed by atoms with Crippen molar-refractivity contribution in [2.75, 3.05) is 25.5 Å². The number of hydrogen-bond acceptors (Lipinski definition) is 7. The van der Waals surface area contributed by atoms with E-state index >= 15 is 0 Å². The zero-order chi connectivity index (χ0) is 24.6. The van der Waals surface area contributed by atoms with Crippen molar-refractivity contribution in [2.45, 2.75) is 25.8 Å². The molecule has 0 radical (unpaired) electrons. The molecule has 0 unspecified atom stereocenters. The Bertz CT molecular complexity index is 1180. The molecule has 1 aromatic heterocycles. The van der Waals surface area contributed by atoms with Crippen molar-refractivity contribution in [3.05, 3.63) is 70.2 Å². The smallest absolute Gasteiger partial charge is 0.286 e. The first-order chi connectivity index (χ1) is 17.0. The molecule has 0 bridgehead atoms. The van der Waals surface area contributed by atoms with E-state index in [1.807, 2.05) is 42.5 Å². The number of ether oxygens (including phenoxy) is 1. The number of carbonyl (C=O) groups is 3. The number of nitrogens with one attached hydrogen (secondary N) is 2. The maximum atomic E-state index is 12.8. The molecule has 0 spiro atoms. The van der Waals surface area contributed by atoms with Gasteiger partial charge in [0, 0.05) is 31.7 Å². The second-order valence-electron chi connectivity index (χ2n) is 8.30. The largest absolute Gasteiger partial charge is 0.497 e. The lowest BCUT2D eigenvalue weighted by Crippen LogP contribution is -2.39. The topological polar surface area (TPSA) is 114 Å². The molecule has 1 saturated heterocycles. The van der Waals surface area contributed by atoms with Gasteiger partial charge in [0.25, 0.3) is 11.8 Å². The van der Waals surface area contributed by atoms with Crippen molar-refractivity contribution in [3.63, 3.8) is 0 Å². The Morgan fingerprint density at radius 1 is 1.03 bits per heavy atom. The molecule has 10 heteroatoms. The van der Waals surface area contributed by atoms with E-state index in [1.54, 1.807) is 24.1 Å². The van der Waals surface area contributed by atoms with Gasteiger partial charge < -0.3 is 20.3 Å². The fourth-order valence-electron chi connectivity index (χ4n) is 3.90. The Hall–Kier alpha value is -3.79. The van der Waals surface area contributed by atoms with Crippen LogP contribution in [-0.2, 0) is 11.3 Å². The molecule has 0 saturated carbocycles. The standard InChI is InChI=1S/C25H27N5O4S/c1-34-20-9-5-6-18(14-20)16-26-21(31)15-17-10-12-30(13-11-17)25(33)24-29-28-23(35-24)22(32)27-19-7-3-2-4-8-19/h2-9,14,17H,10-13,15-16H2,1H3,(H,26,31)(H,27,32). The maximum Gasteiger partial charge on any atom is 0.286 e. The highest BCUT2D eigenvalue weighted by molar-refractivity contribution is 7.15. The van der Waals surface area contributed by atoms with E-state index in [9.17, 15) is 14.4 Å². The van der Waals surface area contributed by atoms with Crippen LogP contribution in [0.15, 0.2) is 54.6 Å². The molecule has 2 aromatic carbocycles. The molecule has 9 nitrogen and oxygen atoms in total. The predicted octanol–water partition coefficient (Wildman–Crippen LogP) is 3.36. The third-order valence-corrected chi connectivity index (χ3v) is 6.74. The van der Waals surface area contributed by atoms with Gasteiger partial charge in [-0.3, -0.25) is 14.4 Å². The summed E-state index contributed by atoms with van der Waals surface area (Å²) in [6, 6.07) is 16.6. The molecule has 1 aliphatic heterocycles. The van der Waals surface area contributed by atoms with Gasteiger partial charge in [0.05, 0.1) is 7.11 Å². The summed E-state index contributed by atoms with van der Waals surface area (Å²) in [7, 11) is 1.61. The number of benzene rings is 2. The van der Waals surface area contributed by atoms with Gasteiger partial charge in [-0.25, -0.2) is 0 Å². The number of piperidine rings is 1. The highest BCUT2D eigenvalue weighted by atomic mass is 32.1. The van der Waals surface area contributed by atoms with Crippen LogP contribution in [0.1, 0.15) is 44.4 Å². The zero-order valence-corrected chi connectivity index (χ0v) is 20.2. The number of amides is 3. The molecule has 1 fully saturated rings. The molecule has 0 atom stereocenters. The van der Waals surface area contributed by atoms with E-state index in [2.05, 4.69) is 20.8 Å². The fraction of sp³-hybridized carbons (Fsp3) is 0.320. The van der Waals surface area contributed by atoms with Gasteiger partial charge in [-0.05, 0) is 48.6 Å². The minimum absolute atomic E-state index is 0.00390.